The number of carbonyl (C=O) groups is 1. The molecule has 106 valence electrons. The summed E-state index contributed by atoms with van der Waals surface area (Å²) < 4.78 is 38.8. The van der Waals surface area contributed by atoms with Crippen molar-refractivity contribution in [3.8, 4) is 0 Å². The number of hydrogen-bond donors (Lipinski definition) is 2. The molecule has 19 heavy (non-hydrogen) atoms. The molecule has 0 aliphatic rings. The van der Waals surface area contributed by atoms with Crippen LogP contribution >= 0.6 is 0 Å². The number of nitrogens with zero attached hydrogens (tertiary/aromatic N) is 1. The molecule has 0 saturated heterocycles. The van der Waals surface area contributed by atoms with Gasteiger partial charge in [0.1, 0.15) is 5.82 Å². The molecule has 8 heteroatoms. The highest BCUT2D eigenvalue weighted by Gasteiger charge is 2.17. The molecule has 1 aromatic carbocycles. The van der Waals surface area contributed by atoms with E-state index in [1.807, 2.05) is 0 Å². The molecule has 0 radical (unpaired) electrons. The molecule has 0 aliphatic carbocycles. The maximum Gasteiger partial charge on any atom is 0.241 e. The summed E-state index contributed by atoms with van der Waals surface area (Å²) in [4.78, 5) is 12.7. The molecule has 0 aromatic heterocycles. The van der Waals surface area contributed by atoms with Crippen LogP contribution in [0, 0.1) is 5.82 Å². The quantitative estimate of drug-likeness (QED) is 0.755. The van der Waals surface area contributed by atoms with Crippen LogP contribution in [-0.2, 0) is 14.8 Å². The molecular formula is C11H16FN3O3S. The van der Waals surface area contributed by atoms with Crippen molar-refractivity contribution in [1.29, 1.82) is 0 Å². The zero-order valence-electron chi connectivity index (χ0n) is 10.7. The molecule has 0 aliphatic heterocycles. The van der Waals surface area contributed by atoms with Gasteiger partial charge >= 0.3 is 0 Å². The van der Waals surface area contributed by atoms with Gasteiger partial charge in [-0.1, -0.05) is 0 Å². The van der Waals surface area contributed by atoms with Crippen LogP contribution in [0.5, 0.6) is 0 Å². The highest BCUT2D eigenvalue weighted by Crippen LogP contribution is 2.16. The number of carbonyl (C=O) groups excluding carboxylic acids is 1. The van der Waals surface area contributed by atoms with Crippen molar-refractivity contribution in [2.45, 2.75) is 11.8 Å². The predicted molar refractivity (Wildman–Crippen MR) is 69.3 cm³/mol. The molecule has 1 aromatic rings. The molecule has 0 bridgehead atoms. The molecule has 0 unspecified atom stereocenters. The Morgan fingerprint density at radius 2 is 2.11 bits per heavy atom. The van der Waals surface area contributed by atoms with Crippen molar-refractivity contribution in [2.75, 3.05) is 25.9 Å². The molecule has 3 N–H and O–H groups in total. The fraction of sp³-hybridized carbons (Fsp3) is 0.364. The number of hydrogen-bond acceptors (Lipinski definition) is 4. The minimum atomic E-state index is -3.88. The summed E-state index contributed by atoms with van der Waals surface area (Å²) in [6, 6.07) is 3.05. The number of nitrogens with one attached hydrogen (secondary N) is 1. The number of halogens is 1. The molecule has 1 rings (SSSR count). The molecular weight excluding hydrogens is 273 g/mol. The smallest absolute Gasteiger partial charge is 0.241 e. The van der Waals surface area contributed by atoms with Gasteiger partial charge in [0, 0.05) is 13.6 Å². The minimum absolute atomic E-state index is 0.182. The van der Waals surface area contributed by atoms with E-state index in [9.17, 15) is 17.6 Å². The van der Waals surface area contributed by atoms with Gasteiger partial charge in [0.05, 0.1) is 17.1 Å². The Morgan fingerprint density at radius 3 is 2.63 bits per heavy atom. The van der Waals surface area contributed by atoms with Gasteiger partial charge in [-0.25, -0.2) is 17.5 Å². The number of nitrogens with two attached hydrogens (primary N) is 1. The van der Waals surface area contributed by atoms with Gasteiger partial charge in [0.15, 0.2) is 0 Å². The van der Waals surface area contributed by atoms with Crippen molar-refractivity contribution in [2.24, 2.45) is 0 Å². The minimum Gasteiger partial charge on any atom is -0.396 e. The van der Waals surface area contributed by atoms with Gasteiger partial charge in [0.2, 0.25) is 15.9 Å². The van der Waals surface area contributed by atoms with E-state index in [0.29, 0.717) is 6.54 Å². The normalized spacial score (nSPS) is 11.3. The number of likely N-dealkylation sites (N-methyl/N-ethyl adjacent to an activating group) is 1. The van der Waals surface area contributed by atoms with Crippen molar-refractivity contribution in [3.05, 3.63) is 24.0 Å². The van der Waals surface area contributed by atoms with Crippen molar-refractivity contribution in [1.82, 2.24) is 9.62 Å². The third-order valence-corrected chi connectivity index (χ3v) is 3.99. The van der Waals surface area contributed by atoms with E-state index in [1.54, 1.807) is 14.0 Å². The van der Waals surface area contributed by atoms with E-state index in [1.165, 1.54) is 4.90 Å². The monoisotopic (exact) mass is 289 g/mol. The fourth-order valence-electron chi connectivity index (χ4n) is 1.24. The molecule has 0 heterocycles. The Bertz CT molecular complexity index is 575. The number of anilines is 1. The van der Waals surface area contributed by atoms with Gasteiger partial charge in [-0.05, 0) is 25.1 Å². The van der Waals surface area contributed by atoms with Gasteiger partial charge in [-0.2, -0.15) is 0 Å². The standard InChI is InChI=1S/C11H16FN3O3S/c1-3-15(2)11(16)7-14-19(17,18)8-4-5-9(12)10(13)6-8/h4-6,14H,3,7,13H2,1-2H3. The Balaban J connectivity index is 2.82. The number of sulfonamides is 1. The largest absolute Gasteiger partial charge is 0.396 e. The lowest BCUT2D eigenvalue weighted by Gasteiger charge is -2.15. The third-order valence-electron chi connectivity index (χ3n) is 2.59. The Morgan fingerprint density at radius 1 is 1.47 bits per heavy atom. The number of rotatable bonds is 5. The van der Waals surface area contributed by atoms with Crippen LogP contribution in [0.3, 0.4) is 0 Å². The van der Waals surface area contributed by atoms with E-state index in [2.05, 4.69) is 4.72 Å². The number of nitrogen functional groups attached to an aromatic ring is 1. The van der Waals surface area contributed by atoms with Crippen LogP contribution < -0.4 is 10.5 Å². The van der Waals surface area contributed by atoms with Crippen LogP contribution in [0.1, 0.15) is 6.92 Å². The maximum atomic E-state index is 13.0. The second-order valence-electron chi connectivity index (χ2n) is 3.92. The van der Waals surface area contributed by atoms with Crippen LogP contribution in [-0.4, -0.2) is 39.4 Å². The summed E-state index contributed by atoms with van der Waals surface area (Å²) in [7, 11) is -2.32. The summed E-state index contributed by atoms with van der Waals surface area (Å²) >= 11 is 0. The second-order valence-corrected chi connectivity index (χ2v) is 5.68. The summed E-state index contributed by atoms with van der Waals surface area (Å²) in [5.74, 6) is -1.05. The molecule has 6 nitrogen and oxygen atoms in total. The van der Waals surface area contributed by atoms with E-state index in [4.69, 9.17) is 5.73 Å². The fourth-order valence-corrected chi connectivity index (χ4v) is 2.25. The number of amides is 1. The predicted octanol–water partition coefficient (Wildman–Crippen LogP) is 0.165. The molecule has 0 fully saturated rings. The molecule has 0 spiro atoms. The van der Waals surface area contributed by atoms with E-state index >= 15 is 0 Å². The summed E-state index contributed by atoms with van der Waals surface area (Å²) in [5.41, 5.74) is 5.04. The molecule has 0 atom stereocenters. The average Bonchev–Trinajstić information content (AvgIpc) is 2.38. The lowest BCUT2D eigenvalue weighted by Crippen LogP contribution is -2.37. The SMILES string of the molecule is CCN(C)C(=O)CNS(=O)(=O)c1ccc(F)c(N)c1. The Labute approximate surface area is 111 Å². The van der Waals surface area contributed by atoms with E-state index < -0.39 is 15.8 Å². The van der Waals surface area contributed by atoms with Gasteiger partial charge in [0.25, 0.3) is 0 Å². The number of benzene rings is 1. The first kappa shape index (κ1) is 15.4. The molecule has 1 amide bonds. The average molecular weight is 289 g/mol. The summed E-state index contributed by atoms with van der Waals surface area (Å²) in [6.45, 7) is 1.89. The van der Waals surface area contributed by atoms with Gasteiger partial charge in [-0.15, -0.1) is 0 Å². The summed E-state index contributed by atoms with van der Waals surface area (Å²) in [6.07, 6.45) is 0. The van der Waals surface area contributed by atoms with Crippen molar-refractivity contribution < 1.29 is 17.6 Å². The maximum absolute atomic E-state index is 13.0. The second kappa shape index (κ2) is 5.98. The highest BCUT2D eigenvalue weighted by atomic mass is 32.2. The van der Waals surface area contributed by atoms with Crippen LogP contribution in [0.15, 0.2) is 23.1 Å². The van der Waals surface area contributed by atoms with Gasteiger partial charge < -0.3 is 10.6 Å². The van der Waals surface area contributed by atoms with Gasteiger partial charge in [-0.3, -0.25) is 4.79 Å². The topological polar surface area (TPSA) is 92.5 Å². The molecule has 0 saturated carbocycles. The lowest BCUT2D eigenvalue weighted by atomic mass is 10.3. The Kier molecular flexibility index (Phi) is 4.84. The van der Waals surface area contributed by atoms with Crippen LogP contribution in [0.2, 0.25) is 0 Å². The highest BCUT2D eigenvalue weighted by molar-refractivity contribution is 7.89. The van der Waals surface area contributed by atoms with Crippen LogP contribution in [0.25, 0.3) is 0 Å². The first-order chi connectivity index (χ1) is 8.77. The zero-order valence-corrected chi connectivity index (χ0v) is 11.5. The van der Waals surface area contributed by atoms with E-state index in [-0.39, 0.29) is 23.0 Å². The van der Waals surface area contributed by atoms with Crippen molar-refractivity contribution in [3.63, 3.8) is 0 Å². The summed E-state index contributed by atoms with van der Waals surface area (Å²) in [5, 5.41) is 0. The first-order valence-electron chi connectivity index (χ1n) is 5.56. The van der Waals surface area contributed by atoms with Crippen molar-refractivity contribution >= 4 is 21.6 Å². The Hall–Kier alpha value is -1.67. The third kappa shape index (κ3) is 3.90. The zero-order chi connectivity index (χ0) is 14.6. The first-order valence-corrected chi connectivity index (χ1v) is 7.05. The van der Waals surface area contributed by atoms with Crippen LogP contribution in [0.4, 0.5) is 10.1 Å². The van der Waals surface area contributed by atoms with E-state index in [0.717, 1.165) is 18.2 Å². The lowest BCUT2D eigenvalue weighted by molar-refractivity contribution is -0.128.